The predicted octanol–water partition coefficient (Wildman–Crippen LogP) is 4.24. The van der Waals surface area contributed by atoms with E-state index in [4.69, 9.17) is 22.8 Å². The largest absolute Gasteiger partial charge is 0.481 e. The zero-order valence-electron chi connectivity index (χ0n) is 13.2. The Labute approximate surface area is 149 Å². The standard InChI is InChI=1S/C19H15ClN2O3/c1-2-9-25-19-8-7-13(20)10-15(19)17(12-22(23)24)16-11-21-18-6-4-3-5-14(16)18/h1,3-8,10-11,17,21H,9,12H2/t17-/m1/s1. The number of aromatic amines is 1. The van der Waals surface area contributed by atoms with Gasteiger partial charge in [-0.25, -0.2) is 0 Å². The van der Waals surface area contributed by atoms with Gasteiger partial charge in [-0.2, -0.15) is 0 Å². The normalized spacial score (nSPS) is 11.8. The number of hydrogen-bond acceptors (Lipinski definition) is 3. The molecule has 1 aromatic heterocycles. The summed E-state index contributed by atoms with van der Waals surface area (Å²) in [7, 11) is 0. The van der Waals surface area contributed by atoms with Gasteiger partial charge in [-0.05, 0) is 29.8 Å². The van der Waals surface area contributed by atoms with E-state index < -0.39 is 5.92 Å². The van der Waals surface area contributed by atoms with Crippen LogP contribution in [-0.4, -0.2) is 23.1 Å². The molecule has 126 valence electrons. The highest BCUT2D eigenvalue weighted by molar-refractivity contribution is 6.30. The Morgan fingerprint density at radius 1 is 1.28 bits per heavy atom. The van der Waals surface area contributed by atoms with Crippen LogP contribution in [-0.2, 0) is 0 Å². The molecule has 0 aliphatic carbocycles. The van der Waals surface area contributed by atoms with Gasteiger partial charge in [0.25, 0.3) is 0 Å². The van der Waals surface area contributed by atoms with Gasteiger partial charge in [0, 0.05) is 32.6 Å². The molecule has 0 bridgehead atoms. The van der Waals surface area contributed by atoms with E-state index in [0.717, 1.165) is 16.5 Å². The van der Waals surface area contributed by atoms with Crippen LogP contribution in [0, 0.1) is 22.5 Å². The zero-order chi connectivity index (χ0) is 17.8. The summed E-state index contributed by atoms with van der Waals surface area (Å²) in [4.78, 5) is 14.1. The fourth-order valence-electron chi connectivity index (χ4n) is 2.94. The molecule has 6 heteroatoms. The number of nitro groups is 1. The summed E-state index contributed by atoms with van der Waals surface area (Å²) in [6.07, 6.45) is 7.06. The molecule has 1 heterocycles. The topological polar surface area (TPSA) is 68.2 Å². The lowest BCUT2D eigenvalue weighted by molar-refractivity contribution is -0.481. The van der Waals surface area contributed by atoms with E-state index in [1.165, 1.54) is 0 Å². The lowest BCUT2D eigenvalue weighted by atomic mass is 9.90. The van der Waals surface area contributed by atoms with Crippen LogP contribution in [0.15, 0.2) is 48.7 Å². The number of nitrogens with zero attached hydrogens (tertiary/aromatic N) is 1. The van der Waals surface area contributed by atoms with E-state index in [1.807, 2.05) is 24.3 Å². The minimum atomic E-state index is -0.516. The second-order valence-electron chi connectivity index (χ2n) is 5.53. The quantitative estimate of drug-likeness (QED) is 0.409. The Bertz CT molecular complexity index is 959. The third kappa shape index (κ3) is 3.59. The first kappa shape index (κ1) is 16.9. The second-order valence-corrected chi connectivity index (χ2v) is 5.97. The SMILES string of the molecule is C#CCOc1ccc(Cl)cc1[C@@H](C[N+](=O)[O-])c1c[nH]c2ccccc12. The Balaban J connectivity index is 2.15. The average Bonchev–Trinajstić information content (AvgIpc) is 3.02. The Morgan fingerprint density at radius 2 is 2.08 bits per heavy atom. The molecular weight excluding hydrogens is 340 g/mol. The minimum absolute atomic E-state index is 0.0771. The molecule has 0 saturated heterocycles. The number of hydrogen-bond donors (Lipinski definition) is 1. The zero-order valence-corrected chi connectivity index (χ0v) is 14.0. The highest BCUT2D eigenvalue weighted by Gasteiger charge is 2.26. The lowest BCUT2D eigenvalue weighted by Gasteiger charge is -2.17. The number of halogens is 1. The number of rotatable bonds is 6. The predicted molar refractivity (Wildman–Crippen MR) is 97.8 cm³/mol. The molecule has 0 aliphatic rings. The van der Waals surface area contributed by atoms with Crippen LogP contribution in [0.5, 0.6) is 5.75 Å². The Kier molecular flexibility index (Phi) is 4.92. The van der Waals surface area contributed by atoms with Crippen LogP contribution in [0.2, 0.25) is 5.02 Å². The van der Waals surface area contributed by atoms with Gasteiger partial charge >= 0.3 is 0 Å². The van der Waals surface area contributed by atoms with E-state index >= 15 is 0 Å². The number of para-hydroxylation sites is 1. The second kappa shape index (κ2) is 7.29. The fraction of sp³-hybridized carbons (Fsp3) is 0.158. The minimum Gasteiger partial charge on any atom is -0.481 e. The highest BCUT2D eigenvalue weighted by Crippen LogP contribution is 2.37. The van der Waals surface area contributed by atoms with Crippen LogP contribution < -0.4 is 4.74 Å². The average molecular weight is 355 g/mol. The van der Waals surface area contributed by atoms with Gasteiger partial charge in [0.2, 0.25) is 6.54 Å². The van der Waals surface area contributed by atoms with E-state index in [-0.39, 0.29) is 18.1 Å². The van der Waals surface area contributed by atoms with Gasteiger partial charge in [0.15, 0.2) is 0 Å². The van der Waals surface area contributed by atoms with Gasteiger partial charge in [-0.15, -0.1) is 6.42 Å². The summed E-state index contributed by atoms with van der Waals surface area (Å²) in [5.41, 5.74) is 2.38. The fourth-order valence-corrected chi connectivity index (χ4v) is 3.12. The van der Waals surface area contributed by atoms with Gasteiger partial charge in [-0.3, -0.25) is 10.1 Å². The highest BCUT2D eigenvalue weighted by atomic mass is 35.5. The van der Waals surface area contributed by atoms with Gasteiger partial charge in [0.1, 0.15) is 12.4 Å². The van der Waals surface area contributed by atoms with Gasteiger partial charge in [-0.1, -0.05) is 35.7 Å². The molecule has 1 atom stereocenters. The van der Waals surface area contributed by atoms with Crippen LogP contribution >= 0.6 is 11.6 Å². The number of benzene rings is 2. The van der Waals surface area contributed by atoms with Crippen molar-refractivity contribution in [1.82, 2.24) is 4.98 Å². The number of aromatic nitrogens is 1. The molecule has 0 fully saturated rings. The van der Waals surface area contributed by atoms with Crippen molar-refractivity contribution in [3.63, 3.8) is 0 Å². The maximum atomic E-state index is 11.3. The van der Waals surface area contributed by atoms with E-state index in [1.54, 1.807) is 24.4 Å². The molecular formula is C19H15ClN2O3. The summed E-state index contributed by atoms with van der Waals surface area (Å²) in [5.74, 6) is 2.39. The van der Waals surface area contributed by atoms with E-state index in [2.05, 4.69) is 10.9 Å². The molecule has 0 amide bonds. The number of H-pyrrole nitrogens is 1. The summed E-state index contributed by atoms with van der Waals surface area (Å²) in [5, 5.41) is 12.7. The number of nitrogens with one attached hydrogen (secondary N) is 1. The monoisotopic (exact) mass is 354 g/mol. The maximum Gasteiger partial charge on any atom is 0.214 e. The molecule has 1 N–H and O–H groups in total. The van der Waals surface area contributed by atoms with Crippen molar-refractivity contribution in [1.29, 1.82) is 0 Å². The summed E-state index contributed by atoms with van der Waals surface area (Å²) in [6, 6.07) is 12.7. The van der Waals surface area contributed by atoms with Crippen LogP contribution in [0.3, 0.4) is 0 Å². The van der Waals surface area contributed by atoms with Crippen LogP contribution in [0.25, 0.3) is 10.9 Å². The first-order valence-electron chi connectivity index (χ1n) is 7.63. The van der Waals surface area contributed by atoms with Crippen molar-refractivity contribution in [2.75, 3.05) is 13.2 Å². The van der Waals surface area contributed by atoms with Gasteiger partial charge < -0.3 is 9.72 Å². The molecule has 0 saturated carbocycles. The lowest BCUT2D eigenvalue weighted by Crippen LogP contribution is -2.15. The number of ether oxygens (including phenoxy) is 1. The van der Waals surface area contributed by atoms with Crippen molar-refractivity contribution in [2.24, 2.45) is 0 Å². The molecule has 0 radical (unpaired) electrons. The maximum absolute atomic E-state index is 11.3. The molecule has 0 spiro atoms. The first-order chi connectivity index (χ1) is 12.1. The summed E-state index contributed by atoms with van der Waals surface area (Å²) < 4.78 is 5.59. The molecule has 0 aliphatic heterocycles. The van der Waals surface area contributed by atoms with Crippen LogP contribution in [0.1, 0.15) is 17.0 Å². The number of fused-ring (bicyclic) bond motifs is 1. The van der Waals surface area contributed by atoms with Crippen molar-refractivity contribution >= 4 is 22.5 Å². The van der Waals surface area contributed by atoms with E-state index in [9.17, 15) is 10.1 Å². The number of terminal acetylenes is 1. The molecule has 3 rings (SSSR count). The molecule has 25 heavy (non-hydrogen) atoms. The summed E-state index contributed by atoms with van der Waals surface area (Å²) in [6.45, 7) is -0.206. The smallest absolute Gasteiger partial charge is 0.214 e. The molecule has 5 nitrogen and oxygen atoms in total. The van der Waals surface area contributed by atoms with Gasteiger partial charge in [0.05, 0.1) is 5.92 Å². The summed E-state index contributed by atoms with van der Waals surface area (Å²) >= 11 is 6.14. The third-order valence-corrected chi connectivity index (χ3v) is 4.22. The van der Waals surface area contributed by atoms with Crippen molar-refractivity contribution in [3.8, 4) is 18.1 Å². The van der Waals surface area contributed by atoms with Crippen molar-refractivity contribution in [3.05, 3.63) is 74.9 Å². The molecule has 3 aromatic rings. The van der Waals surface area contributed by atoms with Crippen molar-refractivity contribution in [2.45, 2.75) is 5.92 Å². The van der Waals surface area contributed by atoms with Crippen molar-refractivity contribution < 1.29 is 9.66 Å². The first-order valence-corrected chi connectivity index (χ1v) is 8.01. The molecule has 2 aromatic carbocycles. The van der Waals surface area contributed by atoms with E-state index in [0.29, 0.717) is 16.3 Å². The molecule has 0 unspecified atom stereocenters. The Hall–Kier alpha value is -2.97. The third-order valence-electron chi connectivity index (χ3n) is 3.99. The van der Waals surface area contributed by atoms with Crippen LogP contribution in [0.4, 0.5) is 0 Å². The Morgan fingerprint density at radius 3 is 2.84 bits per heavy atom.